The molecular weight excluding hydrogens is 542 g/mol. The predicted octanol–water partition coefficient (Wildman–Crippen LogP) is 3.48. The van der Waals surface area contributed by atoms with E-state index in [1.54, 1.807) is 49.6 Å². The summed E-state index contributed by atoms with van der Waals surface area (Å²) in [5.41, 5.74) is 0.588. The average Bonchev–Trinajstić information content (AvgIpc) is 3.15. The van der Waals surface area contributed by atoms with E-state index in [2.05, 4.69) is 47.2 Å². The third-order valence-electron chi connectivity index (χ3n) is 4.48. The van der Waals surface area contributed by atoms with Gasteiger partial charge in [0.2, 0.25) is 10.0 Å². The lowest BCUT2D eigenvalue weighted by atomic mass is 10.2. The van der Waals surface area contributed by atoms with Crippen LogP contribution in [0.25, 0.3) is 0 Å². The summed E-state index contributed by atoms with van der Waals surface area (Å²) in [6.07, 6.45) is -0.0789. The molecule has 2 atom stereocenters. The van der Waals surface area contributed by atoms with Gasteiger partial charge in [0.1, 0.15) is 12.4 Å². The molecule has 11 heteroatoms. The molecule has 1 amide bonds. The fraction of sp³-hybridized carbons (Fsp3) is 0.316. The number of carbonyl (C=O) groups excluding carboxylic acids is 1. The second kappa shape index (κ2) is 10.1. The Labute approximate surface area is 192 Å². The summed E-state index contributed by atoms with van der Waals surface area (Å²) in [6.45, 7) is 0.569. The molecule has 1 saturated heterocycles. The van der Waals surface area contributed by atoms with Gasteiger partial charge in [0.15, 0.2) is 0 Å². The van der Waals surface area contributed by atoms with Gasteiger partial charge in [-0.25, -0.2) is 17.9 Å². The molecule has 8 nitrogen and oxygen atoms in total. The molecule has 1 aliphatic heterocycles. The van der Waals surface area contributed by atoms with Gasteiger partial charge in [0.05, 0.1) is 12.0 Å². The van der Waals surface area contributed by atoms with Crippen molar-refractivity contribution in [1.82, 2.24) is 10.0 Å². The number of anilines is 1. The molecule has 0 aliphatic carbocycles. The highest BCUT2D eigenvalue weighted by Gasteiger charge is 2.30. The van der Waals surface area contributed by atoms with Gasteiger partial charge in [-0.3, -0.25) is 5.32 Å². The van der Waals surface area contributed by atoms with E-state index in [0.29, 0.717) is 33.3 Å². The van der Waals surface area contributed by atoms with Crippen LogP contribution >= 0.6 is 31.9 Å². The second-order valence-corrected chi connectivity index (χ2v) is 10.1. The van der Waals surface area contributed by atoms with Gasteiger partial charge in [-0.15, -0.1) is 0 Å². The zero-order valence-electron chi connectivity index (χ0n) is 16.0. The first-order valence-corrected chi connectivity index (χ1v) is 12.1. The predicted molar refractivity (Wildman–Crippen MR) is 120 cm³/mol. The van der Waals surface area contributed by atoms with E-state index in [9.17, 15) is 13.2 Å². The van der Waals surface area contributed by atoms with Crippen LogP contribution in [0.3, 0.4) is 0 Å². The fourth-order valence-corrected chi connectivity index (χ4v) is 5.76. The lowest BCUT2D eigenvalue weighted by Gasteiger charge is -2.14. The van der Waals surface area contributed by atoms with Gasteiger partial charge >= 0.3 is 6.09 Å². The number of benzene rings is 2. The molecule has 3 N–H and O–H groups in total. The maximum absolute atomic E-state index is 12.7. The summed E-state index contributed by atoms with van der Waals surface area (Å²) < 4.78 is 39.6. The largest absolute Gasteiger partial charge is 0.497 e. The smallest absolute Gasteiger partial charge is 0.411 e. The van der Waals surface area contributed by atoms with Gasteiger partial charge in [-0.05, 0) is 64.8 Å². The van der Waals surface area contributed by atoms with Crippen molar-refractivity contribution in [2.45, 2.75) is 23.4 Å². The standard InChI is InChI=1S/C19H21Br2N3O5S/c1-28-16-5-3-13(4-6-16)23-19(25)29-11-15-9-14(10-22-15)24-30(26,27)18-8-12(20)2-7-17(18)21/h2-8,14-15,22,24H,9-11H2,1H3,(H,23,25)/t14-,15-/m1/s1. The highest BCUT2D eigenvalue weighted by molar-refractivity contribution is 9.11. The molecule has 0 bridgehead atoms. The highest BCUT2D eigenvalue weighted by atomic mass is 79.9. The number of carbonyl (C=O) groups is 1. The van der Waals surface area contributed by atoms with Crippen molar-refractivity contribution in [3.8, 4) is 5.75 Å². The van der Waals surface area contributed by atoms with Crippen molar-refractivity contribution >= 4 is 53.7 Å². The molecule has 0 saturated carbocycles. The van der Waals surface area contributed by atoms with E-state index in [-0.39, 0.29) is 23.6 Å². The van der Waals surface area contributed by atoms with Gasteiger partial charge in [-0.2, -0.15) is 0 Å². The molecule has 1 fully saturated rings. The van der Waals surface area contributed by atoms with Crippen LogP contribution in [0.5, 0.6) is 5.75 Å². The number of amides is 1. The number of rotatable bonds is 7. The quantitative estimate of drug-likeness (QED) is 0.477. The minimum Gasteiger partial charge on any atom is -0.497 e. The number of sulfonamides is 1. The average molecular weight is 563 g/mol. The first-order valence-electron chi connectivity index (χ1n) is 9.05. The minimum absolute atomic E-state index is 0.126. The molecule has 1 heterocycles. The molecule has 162 valence electrons. The van der Waals surface area contributed by atoms with Crippen LogP contribution in [0.1, 0.15) is 6.42 Å². The Morgan fingerprint density at radius 3 is 2.63 bits per heavy atom. The lowest BCUT2D eigenvalue weighted by molar-refractivity contribution is 0.151. The molecule has 1 aliphatic rings. The number of nitrogens with one attached hydrogen (secondary N) is 3. The summed E-state index contributed by atoms with van der Waals surface area (Å²) in [7, 11) is -2.13. The van der Waals surface area contributed by atoms with Crippen LogP contribution in [0.15, 0.2) is 56.3 Å². The van der Waals surface area contributed by atoms with Crippen molar-refractivity contribution in [2.24, 2.45) is 0 Å². The zero-order valence-corrected chi connectivity index (χ0v) is 20.0. The lowest BCUT2D eigenvalue weighted by Crippen LogP contribution is -2.36. The Kier molecular flexibility index (Phi) is 7.75. The Morgan fingerprint density at radius 1 is 1.20 bits per heavy atom. The van der Waals surface area contributed by atoms with Crippen LogP contribution in [0, 0.1) is 0 Å². The zero-order chi connectivity index (χ0) is 21.7. The van der Waals surface area contributed by atoms with Gasteiger partial charge in [0.25, 0.3) is 0 Å². The van der Waals surface area contributed by atoms with E-state index in [0.717, 1.165) is 0 Å². The van der Waals surface area contributed by atoms with Gasteiger partial charge < -0.3 is 14.8 Å². The molecule has 0 spiro atoms. The van der Waals surface area contributed by atoms with Gasteiger partial charge in [-0.1, -0.05) is 15.9 Å². The topological polar surface area (TPSA) is 106 Å². The molecule has 2 aromatic carbocycles. The second-order valence-electron chi connectivity index (χ2n) is 6.69. The van der Waals surface area contributed by atoms with E-state index < -0.39 is 16.1 Å². The molecule has 30 heavy (non-hydrogen) atoms. The third kappa shape index (κ3) is 6.17. The Balaban J connectivity index is 1.48. The molecule has 0 unspecified atom stereocenters. The van der Waals surface area contributed by atoms with E-state index in [4.69, 9.17) is 9.47 Å². The maximum atomic E-state index is 12.7. The molecule has 3 rings (SSSR count). The Morgan fingerprint density at radius 2 is 1.93 bits per heavy atom. The summed E-state index contributed by atoms with van der Waals surface area (Å²) >= 11 is 6.57. The number of hydrogen-bond donors (Lipinski definition) is 3. The number of methoxy groups -OCH3 is 1. The first-order chi connectivity index (χ1) is 14.3. The number of hydrogen-bond acceptors (Lipinski definition) is 6. The summed E-state index contributed by atoms with van der Waals surface area (Å²) in [5.74, 6) is 0.687. The Hall–Kier alpha value is -1.66. The van der Waals surface area contributed by atoms with Crippen molar-refractivity contribution in [3.05, 3.63) is 51.4 Å². The third-order valence-corrected chi connectivity index (χ3v) is 7.49. The van der Waals surface area contributed by atoms with Crippen LogP contribution in [-0.2, 0) is 14.8 Å². The fourth-order valence-electron chi connectivity index (χ4n) is 3.01. The highest BCUT2D eigenvalue weighted by Crippen LogP contribution is 2.26. The molecular formula is C19H21Br2N3O5S. The minimum atomic E-state index is -3.70. The summed E-state index contributed by atoms with van der Waals surface area (Å²) in [4.78, 5) is 12.1. The van der Waals surface area contributed by atoms with Crippen LogP contribution in [0.2, 0.25) is 0 Å². The van der Waals surface area contributed by atoms with Gasteiger partial charge in [0, 0.05) is 33.3 Å². The van der Waals surface area contributed by atoms with Crippen molar-refractivity contribution in [3.63, 3.8) is 0 Å². The molecule has 0 aromatic heterocycles. The van der Waals surface area contributed by atoms with Crippen molar-refractivity contribution < 1.29 is 22.7 Å². The van der Waals surface area contributed by atoms with Crippen LogP contribution < -0.4 is 20.1 Å². The summed E-state index contributed by atoms with van der Waals surface area (Å²) in [5, 5.41) is 5.81. The SMILES string of the molecule is COc1ccc(NC(=O)OC[C@H]2C[C@@H](NS(=O)(=O)c3cc(Br)ccc3Br)CN2)cc1. The van der Waals surface area contributed by atoms with Crippen molar-refractivity contribution in [2.75, 3.05) is 25.6 Å². The van der Waals surface area contributed by atoms with Crippen molar-refractivity contribution in [1.29, 1.82) is 0 Å². The first kappa shape index (κ1) is 23.0. The maximum Gasteiger partial charge on any atom is 0.411 e. The number of halogens is 2. The Bertz CT molecular complexity index is 1000. The molecule has 2 aromatic rings. The van der Waals surface area contributed by atoms with Crippen LogP contribution in [0.4, 0.5) is 10.5 Å². The van der Waals surface area contributed by atoms with E-state index in [1.807, 2.05) is 0 Å². The molecule has 0 radical (unpaired) electrons. The normalized spacial score (nSPS) is 18.8. The van der Waals surface area contributed by atoms with Crippen LogP contribution in [-0.4, -0.2) is 46.9 Å². The summed E-state index contributed by atoms with van der Waals surface area (Å²) in [6, 6.07) is 11.4. The monoisotopic (exact) mass is 561 g/mol. The number of ether oxygens (including phenoxy) is 2. The van der Waals surface area contributed by atoms with E-state index in [1.165, 1.54) is 0 Å². The van der Waals surface area contributed by atoms with E-state index >= 15 is 0 Å².